The summed E-state index contributed by atoms with van der Waals surface area (Å²) in [6.07, 6.45) is 8.04. The minimum Gasteiger partial charge on any atom is -0.345 e. The number of carbonyl (C=O) groups excluding carboxylic acids is 2. The van der Waals surface area contributed by atoms with E-state index in [-0.39, 0.29) is 24.4 Å². The van der Waals surface area contributed by atoms with Crippen molar-refractivity contribution in [1.82, 2.24) is 15.1 Å². The standard InChI is InChI=1S/C23H29N3O2S/c27-22-13-24-23(28)19-15-25(10-11-26(19)22)14-18-17-8-4-5-9-20(17)29-21(18)12-16-6-2-1-3-7-16/h4-5,8-9,16,19H,1-3,6-7,10-15H2,(H,24,28). The van der Waals surface area contributed by atoms with Crippen molar-refractivity contribution in [1.29, 1.82) is 0 Å². The first-order valence-corrected chi connectivity index (χ1v) is 11.8. The van der Waals surface area contributed by atoms with Crippen molar-refractivity contribution in [3.05, 3.63) is 34.7 Å². The van der Waals surface area contributed by atoms with Crippen LogP contribution in [-0.4, -0.2) is 53.8 Å². The zero-order valence-electron chi connectivity index (χ0n) is 16.9. The highest BCUT2D eigenvalue weighted by atomic mass is 32.1. The first-order chi connectivity index (χ1) is 14.2. The van der Waals surface area contributed by atoms with Crippen LogP contribution in [-0.2, 0) is 22.6 Å². The van der Waals surface area contributed by atoms with Crippen molar-refractivity contribution < 1.29 is 9.59 Å². The van der Waals surface area contributed by atoms with E-state index in [2.05, 4.69) is 34.5 Å². The molecule has 0 bridgehead atoms. The van der Waals surface area contributed by atoms with Crippen molar-refractivity contribution in [3.8, 4) is 0 Å². The molecule has 1 unspecified atom stereocenters. The Labute approximate surface area is 176 Å². The van der Waals surface area contributed by atoms with Crippen LogP contribution in [0.5, 0.6) is 0 Å². The summed E-state index contributed by atoms with van der Waals surface area (Å²) in [5, 5.41) is 4.12. The molecule has 6 heteroatoms. The van der Waals surface area contributed by atoms with Gasteiger partial charge in [-0.15, -0.1) is 11.3 Å². The molecule has 1 aromatic heterocycles. The van der Waals surface area contributed by atoms with E-state index in [1.165, 1.54) is 59.1 Å². The molecule has 5 nitrogen and oxygen atoms in total. The summed E-state index contributed by atoms with van der Waals surface area (Å²) in [4.78, 5) is 30.2. The second-order valence-corrected chi connectivity index (χ2v) is 9.90. The minimum absolute atomic E-state index is 0.00749. The molecule has 1 atom stereocenters. The fraction of sp³-hybridized carbons (Fsp3) is 0.565. The molecular weight excluding hydrogens is 382 g/mol. The van der Waals surface area contributed by atoms with E-state index in [0.29, 0.717) is 13.1 Å². The second-order valence-electron chi connectivity index (χ2n) is 8.76. The Bertz CT molecular complexity index is 918. The minimum atomic E-state index is -0.336. The van der Waals surface area contributed by atoms with Gasteiger partial charge in [-0.3, -0.25) is 14.5 Å². The molecule has 2 saturated heterocycles. The second kappa shape index (κ2) is 8.07. The smallest absolute Gasteiger partial charge is 0.244 e. The van der Waals surface area contributed by atoms with Crippen LogP contribution in [0.25, 0.3) is 10.1 Å². The zero-order chi connectivity index (χ0) is 19.8. The van der Waals surface area contributed by atoms with E-state index in [4.69, 9.17) is 0 Å². The average molecular weight is 412 g/mol. The highest BCUT2D eigenvalue weighted by molar-refractivity contribution is 7.19. The van der Waals surface area contributed by atoms with Crippen LogP contribution < -0.4 is 5.32 Å². The van der Waals surface area contributed by atoms with Gasteiger partial charge < -0.3 is 10.2 Å². The topological polar surface area (TPSA) is 52.7 Å². The Hall–Kier alpha value is -1.92. The molecule has 3 heterocycles. The van der Waals surface area contributed by atoms with E-state index in [0.717, 1.165) is 19.0 Å². The van der Waals surface area contributed by atoms with Crippen molar-refractivity contribution in [3.63, 3.8) is 0 Å². The number of piperazine rings is 2. The number of nitrogens with one attached hydrogen (secondary N) is 1. The van der Waals surface area contributed by atoms with Crippen LogP contribution in [0.4, 0.5) is 0 Å². The summed E-state index contributed by atoms with van der Waals surface area (Å²) in [5.74, 6) is 0.856. The summed E-state index contributed by atoms with van der Waals surface area (Å²) >= 11 is 1.96. The fourth-order valence-corrected chi connectivity index (χ4v) is 6.58. The molecule has 2 amide bonds. The molecule has 2 aliphatic heterocycles. The highest BCUT2D eigenvalue weighted by Gasteiger charge is 2.38. The lowest BCUT2D eigenvalue weighted by molar-refractivity contribution is -0.149. The van der Waals surface area contributed by atoms with Gasteiger partial charge in [-0.25, -0.2) is 0 Å². The maximum absolute atomic E-state index is 12.3. The van der Waals surface area contributed by atoms with Gasteiger partial charge in [-0.2, -0.15) is 0 Å². The molecule has 3 fully saturated rings. The number of hydrogen-bond acceptors (Lipinski definition) is 4. The number of hydrogen-bond donors (Lipinski definition) is 1. The van der Waals surface area contributed by atoms with Gasteiger partial charge in [0.2, 0.25) is 11.8 Å². The Kier molecular flexibility index (Phi) is 5.31. The summed E-state index contributed by atoms with van der Waals surface area (Å²) in [6.45, 7) is 3.14. The molecule has 0 radical (unpaired) electrons. The lowest BCUT2D eigenvalue weighted by Crippen LogP contribution is -2.65. The summed E-state index contributed by atoms with van der Waals surface area (Å²) < 4.78 is 1.37. The first-order valence-electron chi connectivity index (χ1n) is 11.0. The molecule has 3 aliphatic rings. The molecule has 29 heavy (non-hydrogen) atoms. The van der Waals surface area contributed by atoms with E-state index in [1.807, 2.05) is 11.3 Å². The van der Waals surface area contributed by atoms with Crippen molar-refractivity contribution in [2.45, 2.75) is 51.1 Å². The third-order valence-corrected chi connectivity index (χ3v) is 8.10. The Morgan fingerprint density at radius 1 is 1.07 bits per heavy atom. The Morgan fingerprint density at radius 2 is 1.90 bits per heavy atom. The van der Waals surface area contributed by atoms with Crippen LogP contribution in [0, 0.1) is 5.92 Å². The monoisotopic (exact) mass is 411 g/mol. The summed E-state index contributed by atoms with van der Waals surface area (Å²) in [7, 11) is 0. The Balaban J connectivity index is 1.38. The lowest BCUT2D eigenvalue weighted by Gasteiger charge is -2.43. The van der Waals surface area contributed by atoms with Crippen LogP contribution >= 0.6 is 11.3 Å². The third kappa shape index (κ3) is 3.80. The average Bonchev–Trinajstić information content (AvgIpc) is 3.09. The van der Waals surface area contributed by atoms with Gasteiger partial charge in [0.1, 0.15) is 6.04 Å². The normalized spacial score (nSPS) is 24.0. The predicted molar refractivity (Wildman–Crippen MR) is 116 cm³/mol. The molecular formula is C23H29N3O2S. The molecule has 1 saturated carbocycles. The number of nitrogens with zero attached hydrogens (tertiary/aromatic N) is 2. The van der Waals surface area contributed by atoms with Crippen LogP contribution in [0.1, 0.15) is 42.5 Å². The van der Waals surface area contributed by atoms with Gasteiger partial charge in [0, 0.05) is 35.8 Å². The fourth-order valence-electron chi connectivity index (χ4n) is 5.25. The SMILES string of the molecule is O=C1NCC(=O)N2CCN(Cc3c(CC4CCCCC4)sc4ccccc34)CC12. The predicted octanol–water partition coefficient (Wildman–Crippen LogP) is 3.17. The van der Waals surface area contributed by atoms with Gasteiger partial charge in [0.05, 0.1) is 6.54 Å². The van der Waals surface area contributed by atoms with Gasteiger partial charge in [-0.1, -0.05) is 50.3 Å². The maximum Gasteiger partial charge on any atom is 0.244 e. The van der Waals surface area contributed by atoms with Crippen molar-refractivity contribution >= 4 is 33.2 Å². The molecule has 154 valence electrons. The summed E-state index contributed by atoms with van der Waals surface area (Å²) in [6, 6.07) is 8.41. The van der Waals surface area contributed by atoms with E-state index < -0.39 is 0 Å². The highest BCUT2D eigenvalue weighted by Crippen LogP contribution is 2.37. The molecule has 1 N–H and O–H groups in total. The van der Waals surface area contributed by atoms with E-state index in [1.54, 1.807) is 4.90 Å². The lowest BCUT2D eigenvalue weighted by atomic mass is 9.86. The number of carbonyl (C=O) groups is 2. The zero-order valence-corrected chi connectivity index (χ0v) is 17.7. The van der Waals surface area contributed by atoms with Gasteiger partial charge in [0.15, 0.2) is 0 Å². The van der Waals surface area contributed by atoms with E-state index in [9.17, 15) is 9.59 Å². The third-order valence-electron chi connectivity index (χ3n) is 6.86. The maximum atomic E-state index is 12.3. The quantitative estimate of drug-likeness (QED) is 0.841. The van der Waals surface area contributed by atoms with E-state index >= 15 is 0 Å². The number of benzene rings is 1. The van der Waals surface area contributed by atoms with Crippen LogP contribution in [0.15, 0.2) is 24.3 Å². The number of fused-ring (bicyclic) bond motifs is 2. The van der Waals surface area contributed by atoms with Gasteiger partial charge in [0.25, 0.3) is 0 Å². The molecule has 1 aliphatic carbocycles. The number of thiophene rings is 1. The first kappa shape index (κ1) is 19.1. The van der Waals surface area contributed by atoms with Crippen LogP contribution in [0.2, 0.25) is 0 Å². The molecule has 2 aromatic rings. The number of rotatable bonds is 4. The van der Waals surface area contributed by atoms with Crippen molar-refractivity contribution in [2.75, 3.05) is 26.2 Å². The van der Waals surface area contributed by atoms with Crippen LogP contribution in [0.3, 0.4) is 0 Å². The Morgan fingerprint density at radius 3 is 2.76 bits per heavy atom. The number of amides is 2. The summed E-state index contributed by atoms with van der Waals surface area (Å²) in [5.41, 5.74) is 1.45. The molecule has 5 rings (SSSR count). The van der Waals surface area contributed by atoms with Crippen molar-refractivity contribution in [2.24, 2.45) is 5.92 Å². The van der Waals surface area contributed by atoms with Gasteiger partial charge in [-0.05, 0) is 29.4 Å². The molecule has 0 spiro atoms. The molecule has 1 aromatic carbocycles. The van der Waals surface area contributed by atoms with Gasteiger partial charge >= 0.3 is 0 Å². The largest absolute Gasteiger partial charge is 0.345 e.